The molecule has 2 aromatic rings. The second-order valence-electron chi connectivity index (χ2n) is 5.17. The molecule has 0 atom stereocenters. The molecular formula is C16H18N2O2S. The number of hydrogen-bond donors (Lipinski definition) is 2. The number of nitrogen functional groups attached to an aromatic ring is 1. The van der Waals surface area contributed by atoms with Crippen molar-refractivity contribution in [1.29, 1.82) is 0 Å². The molecule has 21 heavy (non-hydrogen) atoms. The van der Waals surface area contributed by atoms with Crippen LogP contribution in [0.15, 0.2) is 24.3 Å². The summed E-state index contributed by atoms with van der Waals surface area (Å²) in [4.78, 5) is 14.4. The van der Waals surface area contributed by atoms with E-state index in [9.17, 15) is 4.79 Å². The number of nitrogens with two attached hydrogens (primary N) is 1. The van der Waals surface area contributed by atoms with E-state index in [1.165, 1.54) is 16.9 Å². The minimum atomic E-state index is -0.0104. The van der Waals surface area contributed by atoms with Gasteiger partial charge in [0.15, 0.2) is 0 Å². The Labute approximate surface area is 127 Å². The van der Waals surface area contributed by atoms with Crippen LogP contribution >= 0.6 is 11.3 Å². The number of carbonyl (C=O) groups is 1. The van der Waals surface area contributed by atoms with Crippen molar-refractivity contribution in [1.82, 2.24) is 5.32 Å². The Bertz CT molecular complexity index is 657. The van der Waals surface area contributed by atoms with Gasteiger partial charge < -0.3 is 15.8 Å². The topological polar surface area (TPSA) is 64.3 Å². The van der Waals surface area contributed by atoms with E-state index >= 15 is 0 Å². The number of ether oxygens (including phenoxy) is 1. The highest BCUT2D eigenvalue weighted by Crippen LogP contribution is 2.30. The van der Waals surface area contributed by atoms with Crippen LogP contribution in [0, 0.1) is 0 Å². The highest BCUT2D eigenvalue weighted by atomic mass is 32.1. The third-order valence-electron chi connectivity index (χ3n) is 3.72. The summed E-state index contributed by atoms with van der Waals surface area (Å²) in [6.45, 7) is 0.468. The molecule has 1 aromatic carbocycles. The summed E-state index contributed by atoms with van der Waals surface area (Å²) in [7, 11) is 1.59. The van der Waals surface area contributed by atoms with Gasteiger partial charge in [-0.3, -0.25) is 4.79 Å². The Kier molecular flexibility index (Phi) is 3.84. The first-order chi connectivity index (χ1) is 10.2. The lowest BCUT2D eigenvalue weighted by Crippen LogP contribution is -2.21. The van der Waals surface area contributed by atoms with Gasteiger partial charge in [-0.15, -0.1) is 11.3 Å². The second kappa shape index (κ2) is 5.77. The summed E-state index contributed by atoms with van der Waals surface area (Å²) in [5.74, 6) is 0.642. The lowest BCUT2D eigenvalue weighted by Gasteiger charge is -2.08. The maximum absolute atomic E-state index is 12.2. The molecule has 1 amide bonds. The number of anilines is 1. The number of hydrogen-bond acceptors (Lipinski definition) is 4. The largest absolute Gasteiger partial charge is 0.495 e. The quantitative estimate of drug-likeness (QED) is 0.854. The number of carbonyl (C=O) groups excluding carboxylic acids is 1. The van der Waals surface area contributed by atoms with Crippen LogP contribution in [0.2, 0.25) is 0 Å². The van der Waals surface area contributed by atoms with Crippen LogP contribution in [-0.4, -0.2) is 13.0 Å². The summed E-state index contributed by atoms with van der Waals surface area (Å²) in [5.41, 5.74) is 8.76. The van der Waals surface area contributed by atoms with Crippen LogP contribution in [0.5, 0.6) is 5.75 Å². The Hall–Kier alpha value is -2.01. The maximum atomic E-state index is 12.2. The lowest BCUT2D eigenvalue weighted by atomic mass is 10.2. The predicted molar refractivity (Wildman–Crippen MR) is 84.9 cm³/mol. The van der Waals surface area contributed by atoms with E-state index in [2.05, 4.69) is 5.32 Å². The Morgan fingerprint density at radius 3 is 2.95 bits per heavy atom. The van der Waals surface area contributed by atoms with Crippen LogP contribution in [0.1, 0.15) is 32.1 Å². The number of aryl methyl sites for hydroxylation is 2. The molecule has 1 aliphatic rings. The van der Waals surface area contributed by atoms with Gasteiger partial charge in [0.25, 0.3) is 5.91 Å². The van der Waals surface area contributed by atoms with Gasteiger partial charge in [-0.2, -0.15) is 0 Å². The van der Waals surface area contributed by atoms with Crippen molar-refractivity contribution in [3.63, 3.8) is 0 Å². The molecule has 4 nitrogen and oxygen atoms in total. The summed E-state index contributed by atoms with van der Waals surface area (Å²) in [5, 5.41) is 2.94. The first-order valence-electron chi connectivity index (χ1n) is 6.99. The van der Waals surface area contributed by atoms with Crippen molar-refractivity contribution in [3.8, 4) is 5.75 Å². The number of methoxy groups -OCH3 is 1. The van der Waals surface area contributed by atoms with E-state index in [4.69, 9.17) is 10.5 Å². The zero-order valence-electron chi connectivity index (χ0n) is 11.9. The molecule has 0 fully saturated rings. The van der Waals surface area contributed by atoms with Gasteiger partial charge in [-0.1, -0.05) is 6.07 Å². The van der Waals surface area contributed by atoms with Crippen molar-refractivity contribution >= 4 is 22.9 Å². The van der Waals surface area contributed by atoms with Crippen LogP contribution in [0.4, 0.5) is 5.69 Å². The van der Waals surface area contributed by atoms with Gasteiger partial charge in [-0.05, 0) is 48.6 Å². The highest BCUT2D eigenvalue weighted by molar-refractivity contribution is 7.14. The number of amides is 1. The number of rotatable bonds is 4. The lowest BCUT2D eigenvalue weighted by molar-refractivity contribution is 0.0955. The molecule has 0 saturated carbocycles. The van der Waals surface area contributed by atoms with Gasteiger partial charge >= 0.3 is 0 Å². The van der Waals surface area contributed by atoms with Gasteiger partial charge in [-0.25, -0.2) is 0 Å². The second-order valence-corrected chi connectivity index (χ2v) is 6.31. The summed E-state index contributed by atoms with van der Waals surface area (Å²) in [6.07, 6.45) is 3.44. The van der Waals surface area contributed by atoms with E-state index in [0.717, 1.165) is 23.3 Å². The number of fused-ring (bicyclic) bond motifs is 1. The van der Waals surface area contributed by atoms with Gasteiger partial charge in [0.05, 0.1) is 17.7 Å². The summed E-state index contributed by atoms with van der Waals surface area (Å²) < 4.78 is 5.12. The van der Waals surface area contributed by atoms with Crippen LogP contribution in [-0.2, 0) is 19.4 Å². The monoisotopic (exact) mass is 302 g/mol. The molecule has 0 saturated heterocycles. The molecule has 3 N–H and O–H groups in total. The third kappa shape index (κ3) is 2.88. The number of thiophene rings is 1. The zero-order chi connectivity index (χ0) is 14.8. The normalized spacial score (nSPS) is 13.0. The van der Waals surface area contributed by atoms with Crippen molar-refractivity contribution in [2.24, 2.45) is 0 Å². The van der Waals surface area contributed by atoms with Gasteiger partial charge in [0, 0.05) is 11.4 Å². The van der Waals surface area contributed by atoms with Crippen LogP contribution < -0.4 is 15.8 Å². The maximum Gasteiger partial charge on any atom is 0.261 e. The number of nitrogens with one attached hydrogen (secondary N) is 1. The molecule has 0 aliphatic heterocycles. The first-order valence-corrected chi connectivity index (χ1v) is 7.81. The Morgan fingerprint density at radius 1 is 1.38 bits per heavy atom. The molecule has 0 bridgehead atoms. The van der Waals surface area contributed by atoms with Crippen molar-refractivity contribution in [2.45, 2.75) is 25.8 Å². The fourth-order valence-corrected chi connectivity index (χ4v) is 3.77. The van der Waals surface area contributed by atoms with E-state index in [-0.39, 0.29) is 5.91 Å². The first kappa shape index (κ1) is 13.9. The fraction of sp³-hybridized carbons (Fsp3) is 0.312. The standard InChI is InChI=1S/C16H18N2O2S/c1-20-13-6-5-10(7-12(13)17)9-18-16(19)15-8-11-3-2-4-14(11)21-15/h5-8H,2-4,9,17H2,1H3,(H,18,19). The molecule has 0 radical (unpaired) electrons. The molecule has 3 rings (SSSR count). The molecule has 1 aromatic heterocycles. The average Bonchev–Trinajstić information content (AvgIpc) is 3.06. The molecule has 0 spiro atoms. The van der Waals surface area contributed by atoms with Gasteiger partial charge in [0.1, 0.15) is 5.75 Å². The third-order valence-corrected chi connectivity index (χ3v) is 4.95. The van der Waals surface area contributed by atoms with Crippen LogP contribution in [0.3, 0.4) is 0 Å². The predicted octanol–water partition coefficient (Wildman–Crippen LogP) is 2.76. The summed E-state index contributed by atoms with van der Waals surface area (Å²) >= 11 is 1.62. The SMILES string of the molecule is COc1ccc(CNC(=O)c2cc3c(s2)CCC3)cc1N. The van der Waals surface area contributed by atoms with E-state index in [1.54, 1.807) is 18.4 Å². The summed E-state index contributed by atoms with van der Waals surface area (Å²) in [6, 6.07) is 7.58. The smallest absolute Gasteiger partial charge is 0.261 e. The molecule has 5 heteroatoms. The minimum absolute atomic E-state index is 0.0104. The molecule has 1 heterocycles. The van der Waals surface area contributed by atoms with E-state index < -0.39 is 0 Å². The van der Waals surface area contributed by atoms with E-state index in [1.807, 2.05) is 24.3 Å². The highest BCUT2D eigenvalue weighted by Gasteiger charge is 2.18. The Balaban J connectivity index is 1.64. The Morgan fingerprint density at radius 2 is 2.24 bits per heavy atom. The van der Waals surface area contributed by atoms with Crippen molar-refractivity contribution < 1.29 is 9.53 Å². The van der Waals surface area contributed by atoms with Crippen molar-refractivity contribution in [3.05, 3.63) is 45.1 Å². The average molecular weight is 302 g/mol. The number of benzene rings is 1. The molecule has 0 unspecified atom stereocenters. The molecule has 110 valence electrons. The van der Waals surface area contributed by atoms with Crippen molar-refractivity contribution in [2.75, 3.05) is 12.8 Å². The van der Waals surface area contributed by atoms with E-state index in [0.29, 0.717) is 18.0 Å². The molecule has 1 aliphatic carbocycles. The molecular weight excluding hydrogens is 284 g/mol. The zero-order valence-corrected chi connectivity index (χ0v) is 12.8. The fourth-order valence-electron chi connectivity index (χ4n) is 2.60. The minimum Gasteiger partial charge on any atom is -0.495 e. The van der Waals surface area contributed by atoms with Gasteiger partial charge in [0.2, 0.25) is 0 Å². The van der Waals surface area contributed by atoms with Crippen LogP contribution in [0.25, 0.3) is 0 Å².